The van der Waals surface area contributed by atoms with E-state index < -0.39 is 85.3 Å². The number of carbonyl (C=O) groups is 4. The molecule has 18 nitrogen and oxygen atoms in total. The Morgan fingerprint density at radius 2 is 0.946 bits per heavy atom. The molecule has 0 aromatic rings. The second kappa shape index (κ2) is 17.3. The van der Waals surface area contributed by atoms with E-state index in [1.165, 1.54) is 0 Å². The Hall–Kier alpha value is -2.27. The van der Waals surface area contributed by atoms with Crippen molar-refractivity contribution >= 4 is 46.9 Å². The average Bonchev–Trinajstić information content (AvgIpc) is 2.85. The molecule has 0 amide bonds. The molecule has 0 radical (unpaired) electrons. The molecule has 208 valence electrons. The van der Waals surface area contributed by atoms with Crippen molar-refractivity contribution in [1.29, 1.82) is 0 Å². The summed E-state index contributed by atoms with van der Waals surface area (Å²) in [5.41, 5.74) is 0. The van der Waals surface area contributed by atoms with Crippen LogP contribution < -0.4 is 10.2 Å². The molecule has 8 atom stereocenters. The normalized spacial score (nSPS) is 18.6. The Balaban J connectivity index is -0.000000608. The van der Waals surface area contributed by atoms with Gasteiger partial charge < -0.3 is 80.3 Å². The number of rotatable bonds is 14. The van der Waals surface area contributed by atoms with Gasteiger partial charge in [0.25, 0.3) is 11.6 Å². The van der Waals surface area contributed by atoms with Crippen LogP contribution in [0, 0.1) is 0 Å². The summed E-state index contributed by atoms with van der Waals surface area (Å²) in [5.74, 6) is -14.9. The van der Waals surface area contributed by atoms with Crippen LogP contribution >= 0.6 is 0 Å². The summed E-state index contributed by atoms with van der Waals surface area (Å²) in [6, 6.07) is 0. The standard InChI is InChI=1S/2C9H14O9.Mg/c2*1-2-5(12)18-9(17,8(15)16)7(14)6(13)4(11)3-10;/h2*2,4,6-7,10-11,13-14,17H,1,3H2,(H,15,16);/q;;+2/p-2/t2*4-,6-,7+,9+;/m11./s1. The zero-order valence-electron chi connectivity index (χ0n) is 18.9. The Morgan fingerprint density at radius 1 is 0.703 bits per heavy atom. The molecule has 0 aromatic carbocycles. The number of carboxylic acid groups (broad SMARTS) is 2. The molecule has 0 bridgehead atoms. The second-order valence-corrected chi connectivity index (χ2v) is 6.59. The van der Waals surface area contributed by atoms with Gasteiger partial charge in [-0.25, -0.2) is 9.59 Å². The van der Waals surface area contributed by atoms with Crippen molar-refractivity contribution in [2.45, 2.75) is 48.2 Å². The fourth-order valence-electron chi connectivity index (χ4n) is 1.94. The van der Waals surface area contributed by atoms with Crippen LogP contribution in [0.5, 0.6) is 0 Å². The zero-order chi connectivity index (χ0) is 29.0. The van der Waals surface area contributed by atoms with Crippen molar-refractivity contribution in [2.24, 2.45) is 0 Å². The van der Waals surface area contributed by atoms with Gasteiger partial charge in [-0.3, -0.25) is 0 Å². The monoisotopic (exact) mass is 554 g/mol. The molecule has 0 heterocycles. The van der Waals surface area contributed by atoms with E-state index in [1.807, 2.05) is 0 Å². The van der Waals surface area contributed by atoms with E-state index in [9.17, 15) is 60.0 Å². The fourth-order valence-corrected chi connectivity index (χ4v) is 1.94. The van der Waals surface area contributed by atoms with Crippen LogP contribution in [-0.2, 0) is 28.7 Å². The number of aliphatic carboxylic acids is 2. The molecule has 37 heavy (non-hydrogen) atoms. The minimum absolute atomic E-state index is 0. The molecule has 0 aliphatic heterocycles. The maximum Gasteiger partial charge on any atom is 2.00 e. The van der Waals surface area contributed by atoms with Crippen LogP contribution in [0.15, 0.2) is 25.3 Å². The van der Waals surface area contributed by atoms with Gasteiger partial charge in [0.05, 0.1) is 13.2 Å². The molecule has 0 saturated heterocycles. The molecule has 19 heteroatoms. The molecule has 0 rings (SSSR count). The third-order valence-electron chi connectivity index (χ3n) is 4.04. The molecule has 0 aliphatic rings. The summed E-state index contributed by atoms with van der Waals surface area (Å²) in [7, 11) is 0. The maximum atomic E-state index is 10.8. The molecule has 10 N–H and O–H groups in total. The van der Waals surface area contributed by atoms with Gasteiger partial charge >= 0.3 is 35.0 Å². The van der Waals surface area contributed by atoms with Crippen LogP contribution in [0.25, 0.3) is 0 Å². The topological polar surface area (TPSA) is 335 Å². The Kier molecular flexibility index (Phi) is 18.3. The summed E-state index contributed by atoms with van der Waals surface area (Å²) < 4.78 is 7.92. The van der Waals surface area contributed by atoms with E-state index in [0.29, 0.717) is 12.2 Å². The first-order chi connectivity index (χ1) is 16.4. The second-order valence-electron chi connectivity index (χ2n) is 6.59. The van der Waals surface area contributed by atoms with Crippen molar-refractivity contribution < 1.29 is 89.9 Å². The summed E-state index contributed by atoms with van der Waals surface area (Å²) in [6.45, 7) is 3.79. The number of esters is 2. The Bertz CT molecular complexity index is 727. The predicted octanol–water partition coefficient (Wildman–Crippen LogP) is -9.92. The van der Waals surface area contributed by atoms with E-state index in [0.717, 1.165) is 0 Å². The number of carboxylic acids is 2. The van der Waals surface area contributed by atoms with Crippen LogP contribution in [0.4, 0.5) is 0 Å². The number of hydrogen-bond acceptors (Lipinski definition) is 18. The number of carbonyl (C=O) groups excluding carboxylic acids is 4. The maximum absolute atomic E-state index is 10.8. The first-order valence-electron chi connectivity index (χ1n) is 9.29. The summed E-state index contributed by atoms with van der Waals surface area (Å²) in [6.07, 6.45) is -12.8. The largest absolute Gasteiger partial charge is 2.00 e. The molecule has 0 spiro atoms. The van der Waals surface area contributed by atoms with Gasteiger partial charge in [0.2, 0.25) is 0 Å². The van der Waals surface area contributed by atoms with Gasteiger partial charge in [-0.2, -0.15) is 0 Å². The molecule has 0 aromatic heterocycles. The van der Waals surface area contributed by atoms with Crippen LogP contribution in [0.1, 0.15) is 0 Å². The van der Waals surface area contributed by atoms with E-state index in [-0.39, 0.29) is 23.1 Å². The summed E-state index contributed by atoms with van der Waals surface area (Å²) in [4.78, 5) is 42.9. The molecule has 0 unspecified atom stereocenters. The van der Waals surface area contributed by atoms with Gasteiger partial charge in [0, 0.05) is 12.2 Å². The fraction of sp³-hybridized carbons (Fsp3) is 0.556. The van der Waals surface area contributed by atoms with Gasteiger partial charge in [-0.05, 0) is 0 Å². The van der Waals surface area contributed by atoms with Gasteiger partial charge in [0.15, 0.2) is 12.2 Å². The van der Waals surface area contributed by atoms with Crippen LogP contribution in [-0.4, -0.2) is 159 Å². The van der Waals surface area contributed by atoms with Crippen LogP contribution in [0.2, 0.25) is 0 Å². The van der Waals surface area contributed by atoms with E-state index in [1.54, 1.807) is 0 Å². The molecule has 0 saturated carbocycles. The number of ether oxygens (including phenoxy) is 2. The number of hydrogen-bond donors (Lipinski definition) is 10. The van der Waals surface area contributed by atoms with Crippen LogP contribution in [0.3, 0.4) is 0 Å². The third-order valence-corrected chi connectivity index (χ3v) is 4.04. The average molecular weight is 555 g/mol. The minimum Gasteiger partial charge on any atom is -0.543 e. The molecular weight excluding hydrogens is 528 g/mol. The minimum atomic E-state index is -3.60. The number of aliphatic hydroxyl groups excluding tert-OH is 8. The van der Waals surface area contributed by atoms with Crippen molar-refractivity contribution in [3.05, 3.63) is 25.3 Å². The van der Waals surface area contributed by atoms with E-state index >= 15 is 0 Å². The Labute approximate surface area is 223 Å². The number of aliphatic hydroxyl groups is 10. The predicted molar refractivity (Wildman–Crippen MR) is 108 cm³/mol. The van der Waals surface area contributed by atoms with Gasteiger partial charge in [0.1, 0.15) is 36.4 Å². The third kappa shape index (κ3) is 10.9. The van der Waals surface area contributed by atoms with Crippen molar-refractivity contribution in [1.82, 2.24) is 0 Å². The SMILES string of the molecule is C=CC(=O)O[C@](O)(C(=O)[O-])[C@@H](O)[C@H](O)[C@H](O)CO.C=CC(=O)O[C@](O)(C(=O)[O-])[C@@H](O)[C@H](O)[C@H](O)CO.[Mg+2]. The van der Waals surface area contributed by atoms with E-state index in [2.05, 4.69) is 22.6 Å². The zero-order valence-corrected chi connectivity index (χ0v) is 20.3. The summed E-state index contributed by atoms with van der Waals surface area (Å²) in [5, 5.41) is 112. The molecular formula is C18H26MgO18. The quantitative estimate of drug-likeness (QED) is 0.0412. The van der Waals surface area contributed by atoms with Gasteiger partial charge in [-0.15, -0.1) is 0 Å². The van der Waals surface area contributed by atoms with Crippen molar-refractivity contribution in [2.75, 3.05) is 13.2 Å². The molecule has 0 aliphatic carbocycles. The summed E-state index contributed by atoms with van der Waals surface area (Å²) >= 11 is 0. The first kappa shape index (κ1) is 39.2. The van der Waals surface area contributed by atoms with E-state index in [4.69, 9.17) is 20.4 Å². The van der Waals surface area contributed by atoms with Crippen molar-refractivity contribution in [3.63, 3.8) is 0 Å². The van der Waals surface area contributed by atoms with Gasteiger partial charge in [-0.1, -0.05) is 13.2 Å². The first-order valence-corrected chi connectivity index (χ1v) is 9.29. The molecule has 0 fully saturated rings. The smallest absolute Gasteiger partial charge is 0.543 e. The van der Waals surface area contributed by atoms with Crippen molar-refractivity contribution in [3.8, 4) is 0 Å². The Morgan fingerprint density at radius 3 is 1.11 bits per heavy atom.